The molecule has 5 rings (SSSR count). The van der Waals surface area contributed by atoms with Crippen molar-refractivity contribution in [1.29, 1.82) is 0 Å². The van der Waals surface area contributed by atoms with Crippen LogP contribution in [0.25, 0.3) is 17.4 Å². The molecule has 0 fully saturated rings. The standard InChI is InChI=1S/C37H32ClN3O4S/c1-23-12-14-26(15-13-23)34-21-18-29(45-34)22-33(41-36(43)27-8-5-4-6-9-27)37(44)39-28-16-19-30(20-17-28)46-25(3)35(42)40-32-11-7-10-31(38)24(32)2/h4-22,25H,1-3H3,(H,39,44)(H,40,42)(H,41,43). The number of halogens is 1. The normalized spacial score (nSPS) is 11.9. The Morgan fingerprint density at radius 2 is 1.52 bits per heavy atom. The van der Waals surface area contributed by atoms with E-state index in [1.807, 2.05) is 75.4 Å². The summed E-state index contributed by atoms with van der Waals surface area (Å²) in [6, 6.07) is 32.6. The Kier molecular flexibility index (Phi) is 10.4. The zero-order chi connectivity index (χ0) is 32.6. The highest BCUT2D eigenvalue weighted by Gasteiger charge is 2.18. The summed E-state index contributed by atoms with van der Waals surface area (Å²) in [6.45, 7) is 5.69. The van der Waals surface area contributed by atoms with E-state index >= 15 is 0 Å². The molecule has 7 nitrogen and oxygen atoms in total. The lowest BCUT2D eigenvalue weighted by atomic mass is 10.1. The second-order valence-electron chi connectivity index (χ2n) is 10.6. The van der Waals surface area contributed by atoms with Crippen molar-refractivity contribution >= 4 is 58.5 Å². The molecule has 3 amide bonds. The molecule has 1 heterocycles. The molecule has 0 aliphatic rings. The molecule has 1 aromatic heterocycles. The van der Waals surface area contributed by atoms with Crippen LogP contribution in [0.2, 0.25) is 5.02 Å². The monoisotopic (exact) mass is 649 g/mol. The second kappa shape index (κ2) is 14.8. The summed E-state index contributed by atoms with van der Waals surface area (Å²) in [5.41, 5.74) is 4.45. The molecular weight excluding hydrogens is 618 g/mol. The van der Waals surface area contributed by atoms with Crippen LogP contribution in [0.1, 0.15) is 34.2 Å². The van der Waals surface area contributed by atoms with Crippen LogP contribution in [0.15, 0.2) is 124 Å². The molecule has 0 aliphatic heterocycles. The highest BCUT2D eigenvalue weighted by atomic mass is 35.5. The molecule has 4 aromatic carbocycles. The van der Waals surface area contributed by atoms with E-state index in [1.54, 1.807) is 54.6 Å². The fourth-order valence-corrected chi connectivity index (χ4v) is 5.48. The van der Waals surface area contributed by atoms with Crippen LogP contribution in [0.5, 0.6) is 0 Å². The minimum atomic E-state index is -0.525. The maximum absolute atomic E-state index is 13.5. The lowest BCUT2D eigenvalue weighted by Crippen LogP contribution is -2.30. The Labute approximate surface area is 277 Å². The summed E-state index contributed by atoms with van der Waals surface area (Å²) in [4.78, 5) is 40.1. The van der Waals surface area contributed by atoms with Crippen molar-refractivity contribution in [1.82, 2.24) is 5.32 Å². The van der Waals surface area contributed by atoms with Crippen LogP contribution in [0.3, 0.4) is 0 Å². The zero-order valence-corrected chi connectivity index (χ0v) is 27.0. The number of thioether (sulfide) groups is 1. The van der Waals surface area contributed by atoms with Crippen LogP contribution >= 0.6 is 23.4 Å². The van der Waals surface area contributed by atoms with Crippen molar-refractivity contribution in [2.45, 2.75) is 30.9 Å². The number of amides is 3. The Morgan fingerprint density at radius 3 is 2.24 bits per heavy atom. The largest absolute Gasteiger partial charge is 0.457 e. The molecule has 0 spiro atoms. The summed E-state index contributed by atoms with van der Waals surface area (Å²) in [5, 5.41) is 8.71. The number of benzene rings is 4. The van der Waals surface area contributed by atoms with Gasteiger partial charge in [-0.3, -0.25) is 14.4 Å². The van der Waals surface area contributed by atoms with E-state index in [0.29, 0.717) is 33.5 Å². The molecule has 0 saturated carbocycles. The highest BCUT2D eigenvalue weighted by molar-refractivity contribution is 8.00. The van der Waals surface area contributed by atoms with Crippen LogP contribution in [-0.2, 0) is 9.59 Å². The maximum atomic E-state index is 13.5. The van der Waals surface area contributed by atoms with Crippen molar-refractivity contribution in [2.24, 2.45) is 0 Å². The predicted molar refractivity (Wildman–Crippen MR) is 186 cm³/mol. The molecule has 46 heavy (non-hydrogen) atoms. The Balaban J connectivity index is 1.28. The number of nitrogens with one attached hydrogen (secondary N) is 3. The first-order valence-corrected chi connectivity index (χ1v) is 15.8. The first-order chi connectivity index (χ1) is 22.2. The summed E-state index contributed by atoms with van der Waals surface area (Å²) in [6.07, 6.45) is 1.50. The SMILES string of the molecule is Cc1ccc(-c2ccc(C=C(NC(=O)c3ccccc3)C(=O)Nc3ccc(SC(C)C(=O)Nc4cccc(Cl)c4C)cc3)o2)cc1. The summed E-state index contributed by atoms with van der Waals surface area (Å²) < 4.78 is 6.00. The zero-order valence-electron chi connectivity index (χ0n) is 25.5. The van der Waals surface area contributed by atoms with E-state index in [2.05, 4.69) is 16.0 Å². The van der Waals surface area contributed by atoms with Crippen molar-refractivity contribution in [3.8, 4) is 11.3 Å². The van der Waals surface area contributed by atoms with Gasteiger partial charge in [-0.25, -0.2) is 0 Å². The first kappa shape index (κ1) is 32.3. The number of carbonyl (C=O) groups is 3. The number of aryl methyl sites for hydroxylation is 1. The van der Waals surface area contributed by atoms with E-state index in [0.717, 1.165) is 21.6 Å². The third-order valence-corrected chi connectivity index (χ3v) is 8.62. The number of hydrogen-bond acceptors (Lipinski definition) is 5. The molecule has 1 unspecified atom stereocenters. The topological polar surface area (TPSA) is 100 Å². The molecular formula is C37H32ClN3O4S. The van der Waals surface area contributed by atoms with Gasteiger partial charge in [0.2, 0.25) is 5.91 Å². The van der Waals surface area contributed by atoms with Gasteiger partial charge in [0, 0.05) is 38.5 Å². The number of furan rings is 1. The minimum absolute atomic E-state index is 0.0127. The van der Waals surface area contributed by atoms with Crippen LogP contribution in [-0.4, -0.2) is 23.0 Å². The van der Waals surface area contributed by atoms with Gasteiger partial charge < -0.3 is 20.4 Å². The van der Waals surface area contributed by atoms with Gasteiger partial charge in [0.1, 0.15) is 17.2 Å². The Morgan fingerprint density at radius 1 is 0.804 bits per heavy atom. The van der Waals surface area contributed by atoms with E-state index in [9.17, 15) is 14.4 Å². The maximum Gasteiger partial charge on any atom is 0.272 e. The van der Waals surface area contributed by atoms with E-state index in [4.69, 9.17) is 16.0 Å². The van der Waals surface area contributed by atoms with Crippen molar-refractivity contribution in [2.75, 3.05) is 10.6 Å². The molecule has 0 bridgehead atoms. The Bertz CT molecular complexity index is 1880. The summed E-state index contributed by atoms with van der Waals surface area (Å²) in [5.74, 6) is -0.0674. The lowest BCUT2D eigenvalue weighted by Gasteiger charge is -2.15. The van der Waals surface area contributed by atoms with E-state index in [-0.39, 0.29) is 16.9 Å². The van der Waals surface area contributed by atoms with Gasteiger partial charge >= 0.3 is 0 Å². The fourth-order valence-electron chi connectivity index (χ4n) is 4.44. The molecule has 0 radical (unpaired) electrons. The molecule has 5 aromatic rings. The first-order valence-electron chi connectivity index (χ1n) is 14.6. The molecule has 232 valence electrons. The van der Waals surface area contributed by atoms with Crippen molar-refractivity contribution in [3.63, 3.8) is 0 Å². The molecule has 3 N–H and O–H groups in total. The quantitative estimate of drug-likeness (QED) is 0.104. The minimum Gasteiger partial charge on any atom is -0.457 e. The van der Waals surface area contributed by atoms with Gasteiger partial charge in [-0.2, -0.15) is 0 Å². The summed E-state index contributed by atoms with van der Waals surface area (Å²) >= 11 is 7.57. The average Bonchev–Trinajstić information content (AvgIpc) is 3.53. The van der Waals surface area contributed by atoms with Gasteiger partial charge in [-0.1, -0.05) is 65.7 Å². The third kappa shape index (κ3) is 8.35. The van der Waals surface area contributed by atoms with Crippen molar-refractivity contribution < 1.29 is 18.8 Å². The molecule has 0 saturated heterocycles. The van der Waals surface area contributed by atoms with Crippen molar-refractivity contribution in [3.05, 3.63) is 142 Å². The highest BCUT2D eigenvalue weighted by Crippen LogP contribution is 2.28. The summed E-state index contributed by atoms with van der Waals surface area (Å²) in [7, 11) is 0. The Hall–Kier alpha value is -5.05. The van der Waals surface area contributed by atoms with Gasteiger partial charge in [-0.05, 0) is 87.0 Å². The number of anilines is 2. The van der Waals surface area contributed by atoms with Crippen LogP contribution in [0, 0.1) is 13.8 Å². The molecule has 9 heteroatoms. The number of rotatable bonds is 10. The number of carbonyl (C=O) groups excluding carboxylic acids is 3. The number of hydrogen-bond donors (Lipinski definition) is 3. The van der Waals surface area contributed by atoms with Gasteiger partial charge in [0.25, 0.3) is 11.8 Å². The average molecular weight is 650 g/mol. The smallest absolute Gasteiger partial charge is 0.272 e. The second-order valence-corrected chi connectivity index (χ2v) is 12.4. The fraction of sp³-hybridized carbons (Fsp3) is 0.108. The third-order valence-electron chi connectivity index (χ3n) is 7.10. The van der Waals surface area contributed by atoms with Gasteiger partial charge in [-0.15, -0.1) is 11.8 Å². The molecule has 1 atom stereocenters. The van der Waals surface area contributed by atoms with Gasteiger partial charge in [0.15, 0.2) is 0 Å². The van der Waals surface area contributed by atoms with E-state index in [1.165, 1.54) is 17.8 Å². The van der Waals surface area contributed by atoms with Crippen LogP contribution < -0.4 is 16.0 Å². The van der Waals surface area contributed by atoms with Gasteiger partial charge in [0.05, 0.1) is 5.25 Å². The predicted octanol–water partition coefficient (Wildman–Crippen LogP) is 8.75. The molecule has 0 aliphatic carbocycles. The lowest BCUT2D eigenvalue weighted by molar-refractivity contribution is -0.115. The van der Waals surface area contributed by atoms with E-state index < -0.39 is 11.8 Å². The van der Waals surface area contributed by atoms with Crippen LogP contribution in [0.4, 0.5) is 11.4 Å².